The number of aromatic hydroxyl groups is 1. The van der Waals surface area contributed by atoms with E-state index in [1.807, 2.05) is 0 Å². The van der Waals surface area contributed by atoms with Crippen molar-refractivity contribution in [3.8, 4) is 5.75 Å². The highest BCUT2D eigenvalue weighted by atomic mass is 16.5. The van der Waals surface area contributed by atoms with Crippen molar-refractivity contribution in [1.29, 1.82) is 0 Å². The fraction of sp³-hybridized carbons (Fsp3) is 0.385. The van der Waals surface area contributed by atoms with Gasteiger partial charge in [-0.25, -0.2) is 4.79 Å². The number of carboxylic acids is 1. The second-order valence-corrected chi connectivity index (χ2v) is 3.93. The van der Waals surface area contributed by atoms with Gasteiger partial charge < -0.3 is 20.1 Å². The van der Waals surface area contributed by atoms with E-state index in [4.69, 9.17) is 9.84 Å². The number of benzene rings is 1. The molecule has 1 atom stereocenters. The topological polar surface area (TPSA) is 104 Å². The Kier molecular flexibility index (Phi) is 5.32. The van der Waals surface area contributed by atoms with Crippen LogP contribution in [0.2, 0.25) is 0 Å². The molecule has 0 aliphatic heterocycles. The molecule has 1 aromatic carbocycles. The van der Waals surface area contributed by atoms with Crippen LogP contribution in [0, 0.1) is 0 Å². The molecule has 0 spiro atoms. The third kappa shape index (κ3) is 4.26. The predicted molar refractivity (Wildman–Crippen MR) is 65.7 cm³/mol. The number of ether oxygens (including phenoxy) is 1. The van der Waals surface area contributed by atoms with Crippen LogP contribution in [0.25, 0.3) is 0 Å². The van der Waals surface area contributed by atoms with Crippen LogP contribution in [-0.4, -0.2) is 33.9 Å². The first-order chi connectivity index (χ1) is 8.95. The maximum absolute atomic E-state index is 11.2. The van der Waals surface area contributed by atoms with Crippen LogP contribution in [0.1, 0.15) is 30.6 Å². The van der Waals surface area contributed by atoms with Gasteiger partial charge in [-0.05, 0) is 36.6 Å². The number of carboxylic acid groups (broad SMARTS) is 1. The number of phenols is 1. The zero-order valence-electron chi connectivity index (χ0n) is 10.5. The summed E-state index contributed by atoms with van der Waals surface area (Å²) in [5.41, 5.74) is 0.551. The van der Waals surface area contributed by atoms with Crippen LogP contribution >= 0.6 is 0 Å². The number of aliphatic hydroxyl groups excluding tert-OH is 1. The van der Waals surface area contributed by atoms with E-state index in [1.54, 1.807) is 6.92 Å². The van der Waals surface area contributed by atoms with E-state index in [0.29, 0.717) is 5.56 Å². The Bertz CT molecular complexity index is 468. The summed E-state index contributed by atoms with van der Waals surface area (Å²) >= 11 is 0. The highest BCUT2D eigenvalue weighted by Gasteiger charge is 2.17. The monoisotopic (exact) mass is 268 g/mol. The molecule has 0 saturated heterocycles. The fourth-order valence-corrected chi connectivity index (χ4v) is 1.59. The van der Waals surface area contributed by atoms with Gasteiger partial charge in [0.25, 0.3) is 0 Å². The molecule has 104 valence electrons. The van der Waals surface area contributed by atoms with E-state index >= 15 is 0 Å². The number of aliphatic hydroxyl groups is 1. The first-order valence-electron chi connectivity index (χ1n) is 5.84. The van der Waals surface area contributed by atoms with Gasteiger partial charge in [-0.2, -0.15) is 0 Å². The van der Waals surface area contributed by atoms with E-state index in [-0.39, 0.29) is 30.8 Å². The van der Waals surface area contributed by atoms with E-state index < -0.39 is 18.0 Å². The molecule has 1 unspecified atom stereocenters. The number of aryl methyl sites for hydroxylation is 1. The van der Waals surface area contributed by atoms with Gasteiger partial charge in [0.2, 0.25) is 0 Å². The summed E-state index contributed by atoms with van der Waals surface area (Å²) in [6.45, 7) is 1.97. The van der Waals surface area contributed by atoms with Crippen LogP contribution < -0.4 is 0 Å². The Labute approximate surface area is 110 Å². The number of rotatable bonds is 6. The fourth-order valence-electron chi connectivity index (χ4n) is 1.59. The van der Waals surface area contributed by atoms with Crippen LogP contribution in [0.15, 0.2) is 18.2 Å². The number of carbonyl (C=O) groups excluding carboxylic acids is 1. The Morgan fingerprint density at radius 3 is 2.63 bits per heavy atom. The minimum Gasteiger partial charge on any atom is -0.508 e. The van der Waals surface area contributed by atoms with Crippen LogP contribution in [0.5, 0.6) is 5.75 Å². The van der Waals surface area contributed by atoms with Gasteiger partial charge >= 0.3 is 11.9 Å². The van der Waals surface area contributed by atoms with Crippen molar-refractivity contribution in [1.82, 2.24) is 0 Å². The van der Waals surface area contributed by atoms with Gasteiger partial charge in [-0.3, -0.25) is 4.79 Å². The molecule has 0 aliphatic carbocycles. The van der Waals surface area contributed by atoms with Crippen LogP contribution in [0.4, 0.5) is 0 Å². The Balaban J connectivity index is 2.80. The normalized spacial score (nSPS) is 11.9. The van der Waals surface area contributed by atoms with Crippen LogP contribution in [-0.2, 0) is 20.7 Å². The molecule has 0 fully saturated rings. The maximum atomic E-state index is 11.2. The van der Waals surface area contributed by atoms with Gasteiger partial charge in [0.15, 0.2) is 6.10 Å². The third-order valence-corrected chi connectivity index (χ3v) is 2.56. The minimum atomic E-state index is -1.65. The smallest absolute Gasteiger partial charge is 0.337 e. The largest absolute Gasteiger partial charge is 0.508 e. The van der Waals surface area contributed by atoms with Crippen molar-refractivity contribution in [2.75, 3.05) is 6.61 Å². The zero-order chi connectivity index (χ0) is 14.4. The Morgan fingerprint density at radius 2 is 2.05 bits per heavy atom. The van der Waals surface area contributed by atoms with Crippen molar-refractivity contribution in [2.24, 2.45) is 0 Å². The Morgan fingerprint density at radius 1 is 1.37 bits per heavy atom. The van der Waals surface area contributed by atoms with Crippen molar-refractivity contribution in [3.63, 3.8) is 0 Å². The zero-order valence-corrected chi connectivity index (χ0v) is 10.5. The quantitative estimate of drug-likeness (QED) is 0.665. The molecule has 1 aromatic rings. The number of phenolic OH excluding ortho intramolecular Hbond substituents is 1. The van der Waals surface area contributed by atoms with Crippen molar-refractivity contribution < 1.29 is 29.6 Å². The van der Waals surface area contributed by atoms with Crippen molar-refractivity contribution in [2.45, 2.75) is 25.9 Å². The molecule has 0 aliphatic rings. The molecule has 6 nitrogen and oxygen atoms in total. The minimum absolute atomic E-state index is 0.0503. The first kappa shape index (κ1) is 15.0. The summed E-state index contributed by atoms with van der Waals surface area (Å²) in [4.78, 5) is 21.9. The molecule has 0 heterocycles. The summed E-state index contributed by atoms with van der Waals surface area (Å²) < 4.78 is 4.76. The molecule has 0 aromatic heterocycles. The average Bonchev–Trinajstić information content (AvgIpc) is 2.37. The average molecular weight is 268 g/mol. The van der Waals surface area contributed by atoms with E-state index in [1.165, 1.54) is 18.2 Å². The molecule has 19 heavy (non-hydrogen) atoms. The summed E-state index contributed by atoms with van der Waals surface area (Å²) in [6, 6.07) is 3.98. The first-order valence-corrected chi connectivity index (χ1v) is 5.84. The molecule has 1 rings (SSSR count). The standard InChI is InChI=1S/C13H16O6/c1-2-19-11(15)6-4-8-7-9(3-5-10(8)14)12(16)13(17)18/h3,5,7,12,14,16H,2,4,6H2,1H3,(H,17,18). The Hall–Kier alpha value is -2.08. The van der Waals surface area contributed by atoms with Gasteiger partial charge in [-0.15, -0.1) is 0 Å². The maximum Gasteiger partial charge on any atom is 0.337 e. The lowest BCUT2D eigenvalue weighted by Gasteiger charge is -2.10. The van der Waals surface area contributed by atoms with E-state index in [0.717, 1.165) is 0 Å². The predicted octanol–water partition coefficient (Wildman–Crippen LogP) is 1.01. The summed E-state index contributed by atoms with van der Waals surface area (Å²) in [5, 5.41) is 27.7. The summed E-state index contributed by atoms with van der Waals surface area (Å²) in [7, 11) is 0. The molecular weight excluding hydrogens is 252 g/mol. The van der Waals surface area contributed by atoms with E-state index in [2.05, 4.69) is 0 Å². The van der Waals surface area contributed by atoms with Gasteiger partial charge in [0, 0.05) is 6.42 Å². The molecule has 3 N–H and O–H groups in total. The SMILES string of the molecule is CCOC(=O)CCc1cc(C(O)C(=O)O)ccc1O. The number of hydrogen-bond acceptors (Lipinski definition) is 5. The van der Waals surface area contributed by atoms with Crippen molar-refractivity contribution >= 4 is 11.9 Å². The molecule has 0 amide bonds. The second-order valence-electron chi connectivity index (χ2n) is 3.93. The van der Waals surface area contributed by atoms with Crippen LogP contribution in [0.3, 0.4) is 0 Å². The van der Waals surface area contributed by atoms with Gasteiger partial charge in [-0.1, -0.05) is 6.07 Å². The number of esters is 1. The van der Waals surface area contributed by atoms with Crippen molar-refractivity contribution in [3.05, 3.63) is 29.3 Å². The number of aliphatic carboxylic acids is 1. The van der Waals surface area contributed by atoms with Gasteiger partial charge in [0.05, 0.1) is 6.61 Å². The lowest BCUT2D eigenvalue weighted by molar-refractivity contribution is -0.147. The van der Waals surface area contributed by atoms with Gasteiger partial charge in [0.1, 0.15) is 5.75 Å². The lowest BCUT2D eigenvalue weighted by atomic mass is 10.0. The van der Waals surface area contributed by atoms with E-state index in [9.17, 15) is 19.8 Å². The molecule has 0 radical (unpaired) electrons. The highest BCUT2D eigenvalue weighted by Crippen LogP contribution is 2.24. The summed E-state index contributed by atoms with van der Waals surface area (Å²) in [6.07, 6.45) is -1.36. The second kappa shape index (κ2) is 6.75. The molecule has 0 saturated carbocycles. The third-order valence-electron chi connectivity index (χ3n) is 2.56. The molecule has 6 heteroatoms. The highest BCUT2D eigenvalue weighted by molar-refractivity contribution is 5.74. The summed E-state index contributed by atoms with van der Waals surface area (Å²) in [5.74, 6) is -1.82. The molecule has 0 bridgehead atoms. The number of carbonyl (C=O) groups is 2. The lowest BCUT2D eigenvalue weighted by Crippen LogP contribution is -2.11. The molecular formula is C13H16O6. The number of hydrogen-bond donors (Lipinski definition) is 3.